The van der Waals surface area contributed by atoms with Gasteiger partial charge in [-0.15, -0.1) is 11.3 Å². The molecule has 0 saturated carbocycles. The number of nitrogens with one attached hydrogen (secondary N) is 2. The summed E-state index contributed by atoms with van der Waals surface area (Å²) < 4.78 is 6.69. The summed E-state index contributed by atoms with van der Waals surface area (Å²) in [5, 5.41) is 16.6. The van der Waals surface area contributed by atoms with Crippen LogP contribution in [0.4, 0.5) is 5.00 Å². The van der Waals surface area contributed by atoms with Crippen molar-refractivity contribution in [3.63, 3.8) is 0 Å². The standard InChI is InChI=1S/C21H25N5O5S2/c1-3-31-20(30)15-12-6-4-5-7-14(12)33-19(15)24-17(28)11(2)32-21-23-16-13(18(29)25-21)10-22-26(16)8-9-27/h10-11,27H,3-9H2,1-2H3,(H,24,28)(H,23,25,29)/t11-/m0/s1. The number of nitrogens with zero attached hydrogens (tertiary/aromatic N) is 3. The van der Waals surface area contributed by atoms with E-state index >= 15 is 0 Å². The molecule has 0 aliphatic heterocycles. The lowest BCUT2D eigenvalue weighted by Crippen LogP contribution is -2.24. The van der Waals surface area contributed by atoms with E-state index in [1.165, 1.54) is 22.2 Å². The first kappa shape index (κ1) is 23.5. The molecule has 33 heavy (non-hydrogen) atoms. The normalized spacial score (nSPS) is 14.2. The molecule has 10 nitrogen and oxygen atoms in total. The third kappa shape index (κ3) is 4.82. The molecule has 0 spiro atoms. The molecule has 1 aliphatic carbocycles. The van der Waals surface area contributed by atoms with Crippen LogP contribution < -0.4 is 10.9 Å². The summed E-state index contributed by atoms with van der Waals surface area (Å²) in [7, 11) is 0. The summed E-state index contributed by atoms with van der Waals surface area (Å²) in [5.74, 6) is -0.725. The van der Waals surface area contributed by atoms with E-state index in [2.05, 4.69) is 20.4 Å². The molecule has 12 heteroatoms. The van der Waals surface area contributed by atoms with Gasteiger partial charge in [0.25, 0.3) is 5.56 Å². The zero-order valence-electron chi connectivity index (χ0n) is 18.3. The Hall–Kier alpha value is -2.70. The number of fused-ring (bicyclic) bond motifs is 2. The molecule has 1 amide bonds. The first-order valence-corrected chi connectivity index (χ1v) is 12.5. The van der Waals surface area contributed by atoms with Crippen molar-refractivity contribution in [3.8, 4) is 0 Å². The minimum atomic E-state index is -0.603. The number of thioether (sulfide) groups is 1. The number of aryl methyl sites for hydroxylation is 1. The lowest BCUT2D eigenvalue weighted by molar-refractivity contribution is -0.115. The Morgan fingerprint density at radius 3 is 2.94 bits per heavy atom. The van der Waals surface area contributed by atoms with Gasteiger partial charge in [0.15, 0.2) is 10.8 Å². The maximum Gasteiger partial charge on any atom is 0.341 e. The van der Waals surface area contributed by atoms with Gasteiger partial charge in [0.2, 0.25) is 5.91 Å². The number of hydrogen-bond acceptors (Lipinski definition) is 9. The number of thiophene rings is 1. The number of rotatable bonds is 8. The highest BCUT2D eigenvalue weighted by Gasteiger charge is 2.28. The Kier molecular flexibility index (Phi) is 7.15. The van der Waals surface area contributed by atoms with Crippen LogP contribution in [0.2, 0.25) is 0 Å². The fourth-order valence-corrected chi connectivity index (χ4v) is 5.84. The molecule has 0 bridgehead atoms. The number of aromatic amines is 1. The molecule has 3 aromatic heterocycles. The van der Waals surface area contributed by atoms with Crippen LogP contribution in [0, 0.1) is 0 Å². The van der Waals surface area contributed by atoms with E-state index in [1.54, 1.807) is 13.8 Å². The number of esters is 1. The molecule has 1 atom stereocenters. The predicted octanol–water partition coefficient (Wildman–Crippen LogP) is 2.35. The minimum absolute atomic E-state index is 0.139. The van der Waals surface area contributed by atoms with Crippen LogP contribution in [0.25, 0.3) is 11.0 Å². The summed E-state index contributed by atoms with van der Waals surface area (Å²) in [6.07, 6.45) is 5.15. The number of aliphatic hydroxyl groups excluding tert-OH is 1. The molecular formula is C21H25N5O5S2. The smallest absolute Gasteiger partial charge is 0.341 e. The fourth-order valence-electron chi connectivity index (χ4n) is 3.77. The molecular weight excluding hydrogens is 466 g/mol. The van der Waals surface area contributed by atoms with Gasteiger partial charge in [-0.1, -0.05) is 11.8 Å². The molecule has 0 saturated heterocycles. The number of anilines is 1. The van der Waals surface area contributed by atoms with Crippen LogP contribution in [-0.2, 0) is 28.9 Å². The third-order valence-electron chi connectivity index (χ3n) is 5.34. The Morgan fingerprint density at radius 2 is 2.18 bits per heavy atom. The van der Waals surface area contributed by atoms with Crippen molar-refractivity contribution in [1.29, 1.82) is 0 Å². The van der Waals surface area contributed by atoms with Crippen molar-refractivity contribution in [2.45, 2.75) is 56.5 Å². The van der Waals surface area contributed by atoms with E-state index < -0.39 is 11.2 Å². The second-order valence-electron chi connectivity index (χ2n) is 7.58. The first-order valence-electron chi connectivity index (χ1n) is 10.8. The van der Waals surface area contributed by atoms with Crippen LogP contribution in [0.5, 0.6) is 0 Å². The largest absolute Gasteiger partial charge is 0.462 e. The number of carbonyl (C=O) groups is 2. The Balaban J connectivity index is 1.55. The quantitative estimate of drug-likeness (QED) is 0.248. The fraction of sp³-hybridized carbons (Fsp3) is 0.476. The number of amides is 1. The van der Waals surface area contributed by atoms with E-state index in [1.807, 2.05) is 0 Å². The van der Waals surface area contributed by atoms with Gasteiger partial charge in [0, 0.05) is 4.88 Å². The van der Waals surface area contributed by atoms with E-state index in [0.29, 0.717) is 21.6 Å². The minimum Gasteiger partial charge on any atom is -0.462 e. The predicted molar refractivity (Wildman–Crippen MR) is 126 cm³/mol. The average molecular weight is 492 g/mol. The number of H-pyrrole nitrogens is 1. The molecule has 0 aromatic carbocycles. The molecule has 3 N–H and O–H groups in total. The van der Waals surface area contributed by atoms with Gasteiger partial charge < -0.3 is 20.1 Å². The van der Waals surface area contributed by atoms with Gasteiger partial charge in [0.05, 0.1) is 36.8 Å². The zero-order chi connectivity index (χ0) is 23.5. The Labute approximate surface area is 197 Å². The van der Waals surface area contributed by atoms with E-state index in [0.717, 1.165) is 47.9 Å². The highest BCUT2D eigenvalue weighted by molar-refractivity contribution is 8.00. The molecule has 3 aromatic rings. The van der Waals surface area contributed by atoms with Crippen LogP contribution in [0.15, 0.2) is 16.1 Å². The average Bonchev–Trinajstić information content (AvgIpc) is 3.35. The van der Waals surface area contributed by atoms with Gasteiger partial charge in [-0.2, -0.15) is 5.10 Å². The number of ether oxygens (including phenoxy) is 1. The van der Waals surface area contributed by atoms with Crippen molar-refractivity contribution in [2.24, 2.45) is 0 Å². The van der Waals surface area contributed by atoms with E-state index in [-0.39, 0.29) is 36.4 Å². The number of aromatic nitrogens is 4. The van der Waals surface area contributed by atoms with Crippen molar-refractivity contribution in [1.82, 2.24) is 19.7 Å². The maximum atomic E-state index is 13.0. The van der Waals surface area contributed by atoms with Crippen molar-refractivity contribution in [3.05, 3.63) is 32.6 Å². The SMILES string of the molecule is CCOC(=O)c1c(NC(=O)[C@H](C)Sc2nc3c(cnn3CCO)c(=O)[nH]2)sc2c1CCCC2. The summed E-state index contributed by atoms with van der Waals surface area (Å²) in [6.45, 7) is 3.79. The lowest BCUT2D eigenvalue weighted by atomic mass is 9.95. The second-order valence-corrected chi connectivity index (χ2v) is 10.0. The Morgan fingerprint density at radius 1 is 1.39 bits per heavy atom. The molecule has 3 heterocycles. The van der Waals surface area contributed by atoms with E-state index in [4.69, 9.17) is 4.74 Å². The third-order valence-corrected chi connectivity index (χ3v) is 7.53. The zero-order valence-corrected chi connectivity index (χ0v) is 20.0. The highest BCUT2D eigenvalue weighted by Crippen LogP contribution is 2.39. The highest BCUT2D eigenvalue weighted by atomic mass is 32.2. The van der Waals surface area contributed by atoms with Gasteiger partial charge in [0.1, 0.15) is 10.4 Å². The van der Waals surface area contributed by atoms with Crippen LogP contribution in [0.1, 0.15) is 47.5 Å². The summed E-state index contributed by atoms with van der Waals surface area (Å²) in [5.41, 5.74) is 1.42. The van der Waals surface area contributed by atoms with Crippen molar-refractivity contribution in [2.75, 3.05) is 18.5 Å². The Bertz CT molecular complexity index is 1250. The molecule has 1 aliphatic rings. The number of aliphatic hydroxyl groups is 1. The molecule has 0 radical (unpaired) electrons. The van der Waals surface area contributed by atoms with Gasteiger partial charge in [-0.05, 0) is 45.1 Å². The number of carbonyl (C=O) groups excluding carboxylic acids is 2. The van der Waals surface area contributed by atoms with Gasteiger partial charge >= 0.3 is 5.97 Å². The monoisotopic (exact) mass is 491 g/mol. The molecule has 0 fully saturated rings. The van der Waals surface area contributed by atoms with Crippen molar-refractivity contribution >= 4 is 51.0 Å². The van der Waals surface area contributed by atoms with Crippen LogP contribution >= 0.6 is 23.1 Å². The second kappa shape index (κ2) is 10.1. The van der Waals surface area contributed by atoms with E-state index in [9.17, 15) is 19.5 Å². The van der Waals surface area contributed by atoms with Crippen molar-refractivity contribution < 1.29 is 19.4 Å². The maximum absolute atomic E-state index is 13.0. The first-order chi connectivity index (χ1) is 15.9. The van der Waals surface area contributed by atoms with Crippen LogP contribution in [0.3, 0.4) is 0 Å². The van der Waals surface area contributed by atoms with Crippen LogP contribution in [-0.4, -0.2) is 55.2 Å². The topological polar surface area (TPSA) is 139 Å². The summed E-state index contributed by atoms with van der Waals surface area (Å²) in [4.78, 5) is 46.2. The van der Waals surface area contributed by atoms with Gasteiger partial charge in [-0.25, -0.2) is 14.5 Å². The molecule has 176 valence electrons. The summed E-state index contributed by atoms with van der Waals surface area (Å²) in [6, 6.07) is 0. The lowest BCUT2D eigenvalue weighted by Gasteiger charge is -2.13. The summed E-state index contributed by atoms with van der Waals surface area (Å²) >= 11 is 2.53. The van der Waals surface area contributed by atoms with Gasteiger partial charge in [-0.3, -0.25) is 9.59 Å². The number of hydrogen-bond donors (Lipinski definition) is 3. The molecule has 0 unspecified atom stereocenters. The molecule has 4 rings (SSSR count).